The van der Waals surface area contributed by atoms with Gasteiger partial charge in [-0.2, -0.15) is 13.2 Å². The summed E-state index contributed by atoms with van der Waals surface area (Å²) in [5.74, 6) is 0.231. The number of likely N-dealkylation sites (tertiary alicyclic amines) is 1. The Balaban J connectivity index is 1.35. The summed E-state index contributed by atoms with van der Waals surface area (Å²) in [5.41, 5.74) is -1.04. The number of rotatable bonds is 4. The molecule has 1 amide bonds. The number of amides is 1. The predicted molar refractivity (Wildman–Crippen MR) is 102 cm³/mol. The molecule has 162 valence electrons. The maximum absolute atomic E-state index is 12.7. The minimum atomic E-state index is -4.65. The molecule has 0 radical (unpaired) electrons. The maximum atomic E-state index is 12.7. The van der Waals surface area contributed by atoms with Crippen LogP contribution in [-0.4, -0.2) is 43.6 Å². The first-order valence-corrected chi connectivity index (χ1v) is 9.61. The van der Waals surface area contributed by atoms with E-state index in [-0.39, 0.29) is 24.1 Å². The molecule has 1 saturated heterocycles. The molecule has 0 N–H and O–H groups in total. The van der Waals surface area contributed by atoms with Gasteiger partial charge in [-0.15, -0.1) is 0 Å². The molecule has 0 aromatic carbocycles. The van der Waals surface area contributed by atoms with Crippen molar-refractivity contribution < 1.29 is 22.5 Å². The highest BCUT2D eigenvalue weighted by Gasteiger charge is 2.33. The molecule has 0 unspecified atom stereocenters. The van der Waals surface area contributed by atoms with Gasteiger partial charge >= 0.3 is 6.18 Å². The molecule has 0 atom stereocenters. The summed E-state index contributed by atoms with van der Waals surface area (Å²) in [6.45, 7) is 1.14. The average Bonchev–Trinajstić information content (AvgIpc) is 3.25. The monoisotopic (exact) mass is 433 g/mol. The fraction of sp³-hybridized carbons (Fsp3) is 0.350. The number of aromatic nitrogens is 4. The van der Waals surface area contributed by atoms with E-state index in [0.29, 0.717) is 43.3 Å². The van der Waals surface area contributed by atoms with E-state index in [1.165, 1.54) is 4.57 Å². The lowest BCUT2D eigenvalue weighted by Gasteiger charge is -2.31. The van der Waals surface area contributed by atoms with Crippen LogP contribution in [0.15, 0.2) is 52.3 Å². The summed E-state index contributed by atoms with van der Waals surface area (Å²) in [6, 6.07) is 5.62. The molecule has 4 rings (SSSR count). The van der Waals surface area contributed by atoms with Crippen LogP contribution in [0.5, 0.6) is 0 Å². The highest BCUT2D eigenvalue weighted by atomic mass is 19.4. The second-order valence-corrected chi connectivity index (χ2v) is 7.32. The molecular formula is C20H18F3N5O3. The second kappa shape index (κ2) is 8.32. The Morgan fingerprint density at radius 1 is 1.23 bits per heavy atom. The number of halogens is 3. The lowest BCUT2D eigenvalue weighted by Crippen LogP contribution is -2.40. The van der Waals surface area contributed by atoms with Crippen LogP contribution in [0, 0.1) is 5.92 Å². The first kappa shape index (κ1) is 20.8. The summed E-state index contributed by atoms with van der Waals surface area (Å²) < 4.78 is 44.4. The zero-order valence-electron chi connectivity index (χ0n) is 16.2. The normalized spacial score (nSPS) is 15.3. The Hall–Kier alpha value is -3.50. The van der Waals surface area contributed by atoms with Crippen LogP contribution >= 0.6 is 0 Å². The van der Waals surface area contributed by atoms with Crippen LogP contribution in [0.3, 0.4) is 0 Å². The zero-order chi connectivity index (χ0) is 22.0. The molecule has 0 aliphatic carbocycles. The van der Waals surface area contributed by atoms with Crippen molar-refractivity contribution in [1.29, 1.82) is 0 Å². The number of carbonyl (C=O) groups is 1. The van der Waals surface area contributed by atoms with Gasteiger partial charge in [-0.1, -0.05) is 5.16 Å². The number of carbonyl (C=O) groups excluding carboxylic acids is 1. The number of pyridine rings is 1. The van der Waals surface area contributed by atoms with Gasteiger partial charge in [-0.05, 0) is 30.9 Å². The fourth-order valence-corrected chi connectivity index (χ4v) is 3.50. The van der Waals surface area contributed by atoms with Crippen molar-refractivity contribution in [3.8, 4) is 11.3 Å². The number of piperidine rings is 1. The van der Waals surface area contributed by atoms with Crippen molar-refractivity contribution in [2.24, 2.45) is 5.92 Å². The van der Waals surface area contributed by atoms with E-state index in [9.17, 15) is 22.8 Å². The summed E-state index contributed by atoms with van der Waals surface area (Å²) >= 11 is 0. The third-order valence-corrected chi connectivity index (χ3v) is 5.20. The molecule has 31 heavy (non-hydrogen) atoms. The van der Waals surface area contributed by atoms with E-state index >= 15 is 0 Å². The Morgan fingerprint density at radius 3 is 2.65 bits per heavy atom. The van der Waals surface area contributed by atoms with Gasteiger partial charge in [-0.25, -0.2) is 4.98 Å². The van der Waals surface area contributed by atoms with Gasteiger partial charge in [0.15, 0.2) is 17.1 Å². The quantitative estimate of drug-likeness (QED) is 0.628. The van der Waals surface area contributed by atoms with Crippen molar-refractivity contribution in [3.05, 3.63) is 64.7 Å². The number of nitrogens with zero attached hydrogens (tertiary/aromatic N) is 5. The minimum absolute atomic E-state index is 0.0450. The molecule has 8 nitrogen and oxygen atoms in total. The third-order valence-electron chi connectivity index (χ3n) is 5.20. The number of hydrogen-bond acceptors (Lipinski definition) is 6. The molecule has 0 saturated carbocycles. The minimum Gasteiger partial charge on any atom is -0.355 e. The predicted octanol–water partition coefficient (Wildman–Crippen LogP) is 2.86. The largest absolute Gasteiger partial charge is 0.433 e. The van der Waals surface area contributed by atoms with Gasteiger partial charge in [0.05, 0.1) is 6.33 Å². The van der Waals surface area contributed by atoms with Crippen molar-refractivity contribution in [2.45, 2.75) is 25.6 Å². The van der Waals surface area contributed by atoms with Crippen LogP contribution in [0.4, 0.5) is 13.2 Å². The first-order valence-electron chi connectivity index (χ1n) is 9.61. The molecule has 1 aliphatic rings. The van der Waals surface area contributed by atoms with Crippen molar-refractivity contribution in [2.75, 3.05) is 13.1 Å². The second-order valence-electron chi connectivity index (χ2n) is 7.32. The molecule has 3 aromatic rings. The zero-order valence-corrected chi connectivity index (χ0v) is 16.2. The van der Waals surface area contributed by atoms with Crippen LogP contribution in [0.2, 0.25) is 0 Å². The van der Waals surface area contributed by atoms with Gasteiger partial charge in [0, 0.05) is 49.7 Å². The van der Waals surface area contributed by atoms with Crippen molar-refractivity contribution >= 4 is 5.91 Å². The van der Waals surface area contributed by atoms with E-state index < -0.39 is 17.4 Å². The fourth-order valence-electron chi connectivity index (χ4n) is 3.50. The lowest BCUT2D eigenvalue weighted by molar-refractivity contribution is -0.141. The molecule has 1 fully saturated rings. The summed E-state index contributed by atoms with van der Waals surface area (Å²) in [4.78, 5) is 33.7. The number of hydrogen-bond donors (Lipinski definition) is 0. The lowest BCUT2D eigenvalue weighted by atomic mass is 9.96. The Morgan fingerprint density at radius 2 is 2.00 bits per heavy atom. The molecule has 0 bridgehead atoms. The van der Waals surface area contributed by atoms with Gasteiger partial charge in [0.25, 0.3) is 11.5 Å². The molecule has 0 spiro atoms. The van der Waals surface area contributed by atoms with Crippen molar-refractivity contribution in [1.82, 2.24) is 24.6 Å². The molecule has 11 heteroatoms. The SMILES string of the molecule is O=C(c1cc(-c2cccnc2)on1)N1CCC(Cn2cnc(C(F)(F)F)cc2=O)CC1. The molecular weight excluding hydrogens is 415 g/mol. The number of alkyl halides is 3. The molecule has 4 heterocycles. The highest BCUT2D eigenvalue weighted by Crippen LogP contribution is 2.26. The first-order chi connectivity index (χ1) is 14.8. The van der Waals surface area contributed by atoms with E-state index in [0.717, 1.165) is 6.33 Å². The average molecular weight is 433 g/mol. The Bertz CT molecular complexity index is 1120. The summed E-state index contributed by atoms with van der Waals surface area (Å²) in [7, 11) is 0. The van der Waals surface area contributed by atoms with E-state index in [2.05, 4.69) is 15.1 Å². The third kappa shape index (κ3) is 4.65. The maximum Gasteiger partial charge on any atom is 0.433 e. The Kier molecular flexibility index (Phi) is 5.57. The summed E-state index contributed by atoms with van der Waals surface area (Å²) in [5, 5.41) is 3.85. The highest BCUT2D eigenvalue weighted by molar-refractivity contribution is 5.93. The van der Waals surface area contributed by atoms with E-state index in [1.807, 2.05) is 0 Å². The van der Waals surface area contributed by atoms with Crippen LogP contribution in [0.25, 0.3) is 11.3 Å². The van der Waals surface area contributed by atoms with E-state index in [4.69, 9.17) is 4.52 Å². The topological polar surface area (TPSA) is 94.1 Å². The smallest absolute Gasteiger partial charge is 0.355 e. The van der Waals surface area contributed by atoms with Gasteiger partial charge in [-0.3, -0.25) is 19.1 Å². The molecule has 3 aromatic heterocycles. The summed E-state index contributed by atoms with van der Waals surface area (Å²) in [6.07, 6.45) is 0.724. The Labute approximate surface area is 174 Å². The van der Waals surface area contributed by atoms with Crippen LogP contribution in [0.1, 0.15) is 29.0 Å². The van der Waals surface area contributed by atoms with Crippen molar-refractivity contribution in [3.63, 3.8) is 0 Å². The van der Waals surface area contributed by atoms with Crippen LogP contribution < -0.4 is 5.56 Å². The van der Waals surface area contributed by atoms with Gasteiger partial charge in [0.1, 0.15) is 0 Å². The van der Waals surface area contributed by atoms with Gasteiger partial charge in [0.2, 0.25) is 0 Å². The van der Waals surface area contributed by atoms with E-state index in [1.54, 1.807) is 35.5 Å². The van der Waals surface area contributed by atoms with Crippen LogP contribution in [-0.2, 0) is 12.7 Å². The standard InChI is InChI=1S/C20H18F3N5O3/c21-20(22,23)17-9-18(29)28(12-25-17)11-13-3-6-27(7-4-13)19(30)15-8-16(31-26-15)14-2-1-5-24-10-14/h1-2,5,8-10,12-13H,3-4,6-7,11H2. The molecule has 1 aliphatic heterocycles. The van der Waals surface area contributed by atoms with Gasteiger partial charge < -0.3 is 9.42 Å².